The smallest absolute Gasteiger partial charge is 0.227 e. The van der Waals surface area contributed by atoms with Crippen molar-refractivity contribution in [3.63, 3.8) is 0 Å². The summed E-state index contributed by atoms with van der Waals surface area (Å²) in [6, 6.07) is 12.6. The molecule has 0 atom stereocenters. The summed E-state index contributed by atoms with van der Waals surface area (Å²) in [7, 11) is 0. The second kappa shape index (κ2) is 7.31. The van der Waals surface area contributed by atoms with Crippen LogP contribution in [0.4, 0.5) is 10.8 Å². The van der Waals surface area contributed by atoms with Gasteiger partial charge >= 0.3 is 0 Å². The quantitative estimate of drug-likeness (QED) is 0.690. The maximum atomic E-state index is 12.7. The van der Waals surface area contributed by atoms with Crippen molar-refractivity contribution in [3.05, 3.63) is 53.1 Å². The van der Waals surface area contributed by atoms with Crippen LogP contribution in [0.2, 0.25) is 0 Å². The van der Waals surface area contributed by atoms with E-state index >= 15 is 0 Å². The Labute approximate surface area is 164 Å². The van der Waals surface area contributed by atoms with Crippen molar-refractivity contribution < 1.29 is 4.79 Å². The number of carbonyl (C=O) groups is 1. The number of piperidine rings is 1. The van der Waals surface area contributed by atoms with Gasteiger partial charge in [0.2, 0.25) is 5.91 Å². The molecule has 1 fully saturated rings. The van der Waals surface area contributed by atoms with Gasteiger partial charge in [-0.1, -0.05) is 23.5 Å². The molecule has 1 N–H and O–H groups in total. The molecule has 1 aliphatic rings. The summed E-state index contributed by atoms with van der Waals surface area (Å²) >= 11 is 1.75. The lowest BCUT2D eigenvalue weighted by molar-refractivity contribution is -0.120. The third-order valence-corrected chi connectivity index (χ3v) is 6.24. The van der Waals surface area contributed by atoms with Gasteiger partial charge < -0.3 is 10.2 Å². The Morgan fingerprint density at radius 2 is 1.74 bits per heavy atom. The van der Waals surface area contributed by atoms with Crippen molar-refractivity contribution in [2.24, 2.45) is 5.92 Å². The monoisotopic (exact) mass is 379 g/mol. The molecule has 1 aliphatic heterocycles. The van der Waals surface area contributed by atoms with Crippen molar-refractivity contribution >= 4 is 38.3 Å². The van der Waals surface area contributed by atoms with E-state index in [0.29, 0.717) is 0 Å². The Morgan fingerprint density at radius 1 is 1.04 bits per heavy atom. The van der Waals surface area contributed by atoms with Gasteiger partial charge in [-0.25, -0.2) is 4.98 Å². The number of nitrogens with zero attached hydrogens (tertiary/aromatic N) is 2. The molecule has 2 heterocycles. The SMILES string of the molecule is Cc1cc(C)cc(NC(=O)C2CCN(c3nc4ccc(C)cc4s3)CC2)c1. The van der Waals surface area contributed by atoms with Gasteiger partial charge in [0.1, 0.15) is 0 Å². The van der Waals surface area contributed by atoms with Crippen molar-refractivity contribution in [2.75, 3.05) is 23.3 Å². The fourth-order valence-electron chi connectivity index (χ4n) is 3.78. The highest BCUT2D eigenvalue weighted by molar-refractivity contribution is 7.22. The number of amides is 1. The maximum Gasteiger partial charge on any atom is 0.227 e. The normalized spacial score (nSPS) is 15.3. The first-order valence-corrected chi connectivity index (χ1v) is 10.3. The van der Waals surface area contributed by atoms with E-state index in [1.807, 2.05) is 12.1 Å². The molecule has 0 radical (unpaired) electrons. The van der Waals surface area contributed by atoms with Crippen molar-refractivity contribution in [2.45, 2.75) is 33.6 Å². The molecule has 2 aromatic carbocycles. The van der Waals surface area contributed by atoms with Crippen molar-refractivity contribution in [3.8, 4) is 0 Å². The molecule has 4 nitrogen and oxygen atoms in total. The van der Waals surface area contributed by atoms with E-state index in [0.717, 1.165) is 42.3 Å². The molecule has 1 aromatic heterocycles. The van der Waals surface area contributed by atoms with Crippen molar-refractivity contribution in [1.29, 1.82) is 0 Å². The molecule has 4 rings (SSSR count). The Bertz CT molecular complexity index is 966. The van der Waals surface area contributed by atoms with Gasteiger partial charge in [-0.15, -0.1) is 0 Å². The molecule has 1 saturated heterocycles. The van der Waals surface area contributed by atoms with Crippen molar-refractivity contribution in [1.82, 2.24) is 4.98 Å². The standard InChI is InChI=1S/C22H25N3OS/c1-14-4-5-19-20(13-14)27-22(24-19)25-8-6-17(7-9-25)21(26)23-18-11-15(2)10-16(3)12-18/h4-5,10-13,17H,6-9H2,1-3H3,(H,23,26). The second-order valence-electron chi connectivity index (χ2n) is 7.59. The summed E-state index contributed by atoms with van der Waals surface area (Å²) < 4.78 is 1.24. The molecule has 0 unspecified atom stereocenters. The lowest BCUT2D eigenvalue weighted by Gasteiger charge is -2.31. The van der Waals surface area contributed by atoms with Crippen LogP contribution >= 0.6 is 11.3 Å². The lowest BCUT2D eigenvalue weighted by Crippen LogP contribution is -2.38. The lowest BCUT2D eigenvalue weighted by atomic mass is 9.96. The molecule has 5 heteroatoms. The average Bonchev–Trinajstić information content (AvgIpc) is 3.04. The molecule has 0 spiro atoms. The van der Waals surface area contributed by atoms with Gasteiger partial charge in [0.05, 0.1) is 10.2 Å². The Morgan fingerprint density at radius 3 is 2.44 bits per heavy atom. The number of anilines is 2. The summed E-state index contributed by atoms with van der Waals surface area (Å²) in [6.45, 7) is 7.98. The van der Waals surface area contributed by atoms with Crippen LogP contribution in [0.5, 0.6) is 0 Å². The van der Waals surface area contributed by atoms with Crippen LogP contribution < -0.4 is 10.2 Å². The molecule has 0 aliphatic carbocycles. The van der Waals surface area contributed by atoms with Gasteiger partial charge in [0.15, 0.2) is 5.13 Å². The van der Waals surface area contributed by atoms with Crippen LogP contribution in [-0.4, -0.2) is 24.0 Å². The Hall–Kier alpha value is -2.40. The predicted octanol–water partition coefficient (Wildman–Crippen LogP) is 5.08. The highest BCUT2D eigenvalue weighted by Crippen LogP contribution is 2.32. The molecule has 140 valence electrons. The number of hydrogen-bond donors (Lipinski definition) is 1. The summed E-state index contributed by atoms with van der Waals surface area (Å²) in [5.74, 6) is 0.207. The highest BCUT2D eigenvalue weighted by Gasteiger charge is 2.26. The zero-order valence-corrected chi connectivity index (χ0v) is 16.9. The minimum Gasteiger partial charge on any atom is -0.348 e. The van der Waals surface area contributed by atoms with E-state index in [4.69, 9.17) is 4.98 Å². The highest BCUT2D eigenvalue weighted by atomic mass is 32.1. The number of thiazole rings is 1. The van der Waals surface area contributed by atoms with E-state index < -0.39 is 0 Å². The summed E-state index contributed by atoms with van der Waals surface area (Å²) in [5.41, 5.74) is 5.58. The van der Waals surface area contributed by atoms with Gasteiger partial charge in [0, 0.05) is 24.7 Å². The van der Waals surface area contributed by atoms with Gasteiger partial charge in [-0.3, -0.25) is 4.79 Å². The zero-order valence-electron chi connectivity index (χ0n) is 16.1. The number of aromatic nitrogens is 1. The second-order valence-corrected chi connectivity index (χ2v) is 8.60. The fourth-order valence-corrected chi connectivity index (χ4v) is 4.89. The van der Waals surface area contributed by atoms with Crippen LogP contribution in [0.3, 0.4) is 0 Å². The third-order valence-electron chi connectivity index (χ3n) is 5.16. The predicted molar refractivity (Wildman–Crippen MR) is 114 cm³/mol. The first-order chi connectivity index (χ1) is 13.0. The molecular formula is C22H25N3OS. The summed E-state index contributed by atoms with van der Waals surface area (Å²) in [6.07, 6.45) is 1.73. The Balaban J connectivity index is 1.39. The first kappa shape index (κ1) is 18.0. The summed E-state index contributed by atoms with van der Waals surface area (Å²) in [4.78, 5) is 19.8. The number of benzene rings is 2. The third kappa shape index (κ3) is 3.98. The minimum atomic E-state index is 0.0682. The Kier molecular flexibility index (Phi) is 4.87. The molecule has 1 amide bonds. The topological polar surface area (TPSA) is 45.2 Å². The van der Waals surface area contributed by atoms with Crippen LogP contribution in [0.25, 0.3) is 10.2 Å². The van der Waals surface area contributed by atoms with Crippen LogP contribution in [0.15, 0.2) is 36.4 Å². The van der Waals surface area contributed by atoms with Crippen LogP contribution in [-0.2, 0) is 4.79 Å². The molecule has 3 aromatic rings. The van der Waals surface area contributed by atoms with Crippen LogP contribution in [0.1, 0.15) is 29.5 Å². The number of rotatable bonds is 3. The van der Waals surface area contributed by atoms with Gasteiger partial charge in [-0.2, -0.15) is 0 Å². The fraction of sp³-hybridized carbons (Fsp3) is 0.364. The molecule has 27 heavy (non-hydrogen) atoms. The molecular weight excluding hydrogens is 354 g/mol. The number of fused-ring (bicyclic) bond motifs is 1. The average molecular weight is 380 g/mol. The van der Waals surface area contributed by atoms with Crippen LogP contribution in [0, 0.1) is 26.7 Å². The van der Waals surface area contributed by atoms with E-state index in [2.05, 4.69) is 55.3 Å². The van der Waals surface area contributed by atoms with E-state index in [1.54, 1.807) is 11.3 Å². The largest absolute Gasteiger partial charge is 0.348 e. The molecule has 0 bridgehead atoms. The maximum absolute atomic E-state index is 12.7. The van der Waals surface area contributed by atoms with Gasteiger partial charge in [-0.05, 0) is 74.6 Å². The summed E-state index contributed by atoms with van der Waals surface area (Å²) in [5, 5.41) is 4.18. The van der Waals surface area contributed by atoms with E-state index in [-0.39, 0.29) is 11.8 Å². The van der Waals surface area contributed by atoms with E-state index in [1.165, 1.54) is 21.4 Å². The number of hydrogen-bond acceptors (Lipinski definition) is 4. The molecule has 0 saturated carbocycles. The van der Waals surface area contributed by atoms with Gasteiger partial charge in [0.25, 0.3) is 0 Å². The minimum absolute atomic E-state index is 0.0682. The zero-order chi connectivity index (χ0) is 19.0. The first-order valence-electron chi connectivity index (χ1n) is 9.49. The number of nitrogens with one attached hydrogen (secondary N) is 1. The number of aryl methyl sites for hydroxylation is 3. The number of carbonyl (C=O) groups excluding carboxylic acids is 1. The van der Waals surface area contributed by atoms with E-state index in [9.17, 15) is 4.79 Å².